The van der Waals surface area contributed by atoms with Gasteiger partial charge in [-0.05, 0) is 46.7 Å². The van der Waals surface area contributed by atoms with Crippen molar-refractivity contribution in [2.24, 2.45) is 4.99 Å². The van der Waals surface area contributed by atoms with Gasteiger partial charge in [0.05, 0.1) is 6.61 Å². The smallest absolute Gasteiger partial charge is 0.191 e. The van der Waals surface area contributed by atoms with Gasteiger partial charge in [0.1, 0.15) is 0 Å². The molecule has 23 heavy (non-hydrogen) atoms. The van der Waals surface area contributed by atoms with Gasteiger partial charge in [-0.15, -0.1) is 24.0 Å². The van der Waals surface area contributed by atoms with Crippen molar-refractivity contribution in [1.29, 1.82) is 0 Å². The van der Waals surface area contributed by atoms with E-state index in [1.54, 1.807) is 7.11 Å². The third kappa shape index (κ3) is 10.4. The Bertz CT molecular complexity index is 309. The summed E-state index contributed by atoms with van der Waals surface area (Å²) in [6.07, 6.45) is 8.09. The molecule has 0 amide bonds. The lowest BCUT2D eigenvalue weighted by atomic mass is 9.94. The first-order valence-electron chi connectivity index (χ1n) is 8.91. The molecule has 6 heteroatoms. The molecule has 1 saturated carbocycles. The second-order valence-electron chi connectivity index (χ2n) is 6.39. The van der Waals surface area contributed by atoms with Crippen molar-refractivity contribution in [2.75, 3.05) is 40.4 Å². The van der Waals surface area contributed by atoms with Crippen LogP contribution in [0.2, 0.25) is 0 Å². The van der Waals surface area contributed by atoms with Crippen LogP contribution in [0, 0.1) is 0 Å². The molecule has 2 N–H and O–H groups in total. The number of rotatable bonds is 9. The summed E-state index contributed by atoms with van der Waals surface area (Å²) in [5, 5.41) is 6.66. The van der Waals surface area contributed by atoms with E-state index in [9.17, 15) is 0 Å². The van der Waals surface area contributed by atoms with Gasteiger partial charge in [0.2, 0.25) is 0 Å². The number of halogens is 1. The fourth-order valence-electron chi connectivity index (χ4n) is 3.06. The molecule has 1 atom stereocenters. The highest BCUT2D eigenvalue weighted by atomic mass is 127. The number of guanidine groups is 1. The Hall–Kier alpha value is -0.0800. The topological polar surface area (TPSA) is 48.9 Å². The number of methoxy groups -OCH3 is 1. The standard InChI is InChI=1S/C17H36N4O.HI/c1-5-18-17(20-15(2)14-22-4)19-12-9-13-21(3)16-10-7-6-8-11-16;/h15-16H,5-14H2,1-4H3,(H2,18,19,20);1H. The molecule has 0 radical (unpaired) electrons. The van der Waals surface area contributed by atoms with Gasteiger partial charge >= 0.3 is 0 Å². The SMILES string of the molecule is CCNC(=NCCCN(C)C1CCCCC1)NC(C)COC.I. The molecule has 0 aliphatic heterocycles. The maximum atomic E-state index is 5.15. The zero-order chi connectivity index (χ0) is 16.2. The Balaban J connectivity index is 0.00000484. The highest BCUT2D eigenvalue weighted by molar-refractivity contribution is 14.0. The van der Waals surface area contributed by atoms with Crippen molar-refractivity contribution in [3.8, 4) is 0 Å². The maximum absolute atomic E-state index is 5.15. The zero-order valence-corrected chi connectivity index (χ0v) is 17.8. The van der Waals surface area contributed by atoms with Crippen LogP contribution in [0.5, 0.6) is 0 Å². The number of aliphatic imine (C=N–C) groups is 1. The van der Waals surface area contributed by atoms with Gasteiger partial charge in [0.25, 0.3) is 0 Å². The fourth-order valence-corrected chi connectivity index (χ4v) is 3.06. The quantitative estimate of drug-likeness (QED) is 0.251. The predicted molar refractivity (Wildman–Crippen MR) is 110 cm³/mol. The second-order valence-corrected chi connectivity index (χ2v) is 6.39. The van der Waals surface area contributed by atoms with Gasteiger partial charge in [-0.1, -0.05) is 19.3 Å². The lowest BCUT2D eigenvalue weighted by Gasteiger charge is -2.31. The van der Waals surface area contributed by atoms with Crippen LogP contribution in [0.3, 0.4) is 0 Å². The lowest BCUT2D eigenvalue weighted by molar-refractivity contribution is 0.179. The summed E-state index contributed by atoms with van der Waals surface area (Å²) in [4.78, 5) is 7.20. The van der Waals surface area contributed by atoms with Crippen LogP contribution in [-0.4, -0.2) is 63.3 Å². The number of nitrogens with one attached hydrogen (secondary N) is 2. The van der Waals surface area contributed by atoms with E-state index < -0.39 is 0 Å². The Morgan fingerprint density at radius 2 is 2.00 bits per heavy atom. The average Bonchev–Trinajstić information content (AvgIpc) is 2.52. The molecule has 1 unspecified atom stereocenters. The van der Waals surface area contributed by atoms with E-state index in [1.165, 1.54) is 32.1 Å². The molecule has 0 bridgehead atoms. The van der Waals surface area contributed by atoms with Crippen LogP contribution in [0.1, 0.15) is 52.4 Å². The summed E-state index contributed by atoms with van der Waals surface area (Å²) in [5.41, 5.74) is 0. The molecule has 0 spiro atoms. The molecular weight excluding hydrogens is 403 g/mol. The van der Waals surface area contributed by atoms with Crippen LogP contribution in [0.15, 0.2) is 4.99 Å². The average molecular weight is 440 g/mol. The largest absolute Gasteiger partial charge is 0.383 e. The molecule has 0 aromatic heterocycles. The summed E-state index contributed by atoms with van der Waals surface area (Å²) in [6.45, 7) is 7.78. The van der Waals surface area contributed by atoms with Crippen LogP contribution in [0.4, 0.5) is 0 Å². The van der Waals surface area contributed by atoms with Gasteiger partial charge in [-0.3, -0.25) is 4.99 Å². The van der Waals surface area contributed by atoms with Crippen LogP contribution < -0.4 is 10.6 Å². The highest BCUT2D eigenvalue weighted by Crippen LogP contribution is 2.21. The highest BCUT2D eigenvalue weighted by Gasteiger charge is 2.17. The van der Waals surface area contributed by atoms with Crippen molar-refractivity contribution in [2.45, 2.75) is 64.5 Å². The molecular formula is C17H37IN4O. The van der Waals surface area contributed by atoms with E-state index >= 15 is 0 Å². The van der Waals surface area contributed by atoms with Crippen molar-refractivity contribution in [1.82, 2.24) is 15.5 Å². The normalized spacial score (nSPS) is 17.7. The van der Waals surface area contributed by atoms with Crippen LogP contribution >= 0.6 is 24.0 Å². The molecule has 5 nitrogen and oxygen atoms in total. The summed E-state index contributed by atoms with van der Waals surface area (Å²) >= 11 is 0. The van der Waals surface area contributed by atoms with E-state index in [4.69, 9.17) is 4.74 Å². The summed E-state index contributed by atoms with van der Waals surface area (Å²) < 4.78 is 5.15. The molecule has 0 heterocycles. The Morgan fingerprint density at radius 1 is 1.30 bits per heavy atom. The fraction of sp³-hybridized carbons (Fsp3) is 0.941. The monoisotopic (exact) mass is 440 g/mol. The summed E-state index contributed by atoms with van der Waals surface area (Å²) in [5.74, 6) is 0.896. The van der Waals surface area contributed by atoms with Crippen molar-refractivity contribution < 1.29 is 4.74 Å². The minimum absolute atomic E-state index is 0. The molecule has 1 rings (SSSR count). The molecule has 0 saturated heterocycles. The number of hydrogen-bond acceptors (Lipinski definition) is 3. The Kier molecular flexibility index (Phi) is 14.2. The van der Waals surface area contributed by atoms with E-state index in [2.05, 4.69) is 41.4 Å². The summed E-state index contributed by atoms with van der Waals surface area (Å²) in [6, 6.07) is 1.07. The Morgan fingerprint density at radius 3 is 2.61 bits per heavy atom. The summed E-state index contributed by atoms with van der Waals surface area (Å²) in [7, 11) is 3.99. The third-order valence-corrected chi connectivity index (χ3v) is 4.28. The van der Waals surface area contributed by atoms with E-state index in [0.717, 1.165) is 38.1 Å². The van der Waals surface area contributed by atoms with Gasteiger partial charge < -0.3 is 20.3 Å². The van der Waals surface area contributed by atoms with Crippen LogP contribution in [-0.2, 0) is 4.74 Å². The van der Waals surface area contributed by atoms with Gasteiger partial charge in [0.15, 0.2) is 5.96 Å². The van der Waals surface area contributed by atoms with Gasteiger partial charge in [-0.25, -0.2) is 0 Å². The van der Waals surface area contributed by atoms with Crippen LogP contribution in [0.25, 0.3) is 0 Å². The minimum Gasteiger partial charge on any atom is -0.383 e. The molecule has 0 aromatic carbocycles. The lowest BCUT2D eigenvalue weighted by Crippen LogP contribution is -2.44. The van der Waals surface area contributed by atoms with Crippen molar-refractivity contribution >= 4 is 29.9 Å². The van der Waals surface area contributed by atoms with Gasteiger partial charge in [-0.2, -0.15) is 0 Å². The first-order chi connectivity index (χ1) is 10.7. The van der Waals surface area contributed by atoms with Crippen molar-refractivity contribution in [3.63, 3.8) is 0 Å². The number of ether oxygens (including phenoxy) is 1. The predicted octanol–water partition coefficient (Wildman–Crippen LogP) is 2.85. The molecule has 0 aromatic rings. The number of nitrogens with zero attached hydrogens (tertiary/aromatic N) is 2. The zero-order valence-electron chi connectivity index (χ0n) is 15.4. The molecule has 1 aliphatic carbocycles. The third-order valence-electron chi connectivity index (χ3n) is 4.28. The van der Waals surface area contributed by atoms with Crippen molar-refractivity contribution in [3.05, 3.63) is 0 Å². The first-order valence-corrected chi connectivity index (χ1v) is 8.91. The van der Waals surface area contributed by atoms with E-state index in [-0.39, 0.29) is 30.0 Å². The van der Waals surface area contributed by atoms with E-state index in [1.807, 2.05) is 0 Å². The molecule has 138 valence electrons. The van der Waals surface area contributed by atoms with Gasteiger partial charge in [0, 0.05) is 32.3 Å². The second kappa shape index (κ2) is 14.3. The maximum Gasteiger partial charge on any atom is 0.191 e. The van der Waals surface area contributed by atoms with E-state index in [0.29, 0.717) is 6.61 Å². The molecule has 1 fully saturated rings. The number of hydrogen-bond donors (Lipinski definition) is 2. The Labute approximate surface area is 160 Å². The first kappa shape index (κ1) is 22.9. The minimum atomic E-state index is 0. The molecule has 1 aliphatic rings.